The van der Waals surface area contributed by atoms with Crippen LogP contribution in [0.25, 0.3) is 11.5 Å². The van der Waals surface area contributed by atoms with Gasteiger partial charge in [-0.25, -0.2) is 4.98 Å². The average molecular weight is 244 g/mol. The second kappa shape index (κ2) is 2.21. The Hall–Kier alpha value is -1.54. The summed E-state index contributed by atoms with van der Waals surface area (Å²) in [6, 6.07) is 3.96. The molecule has 0 saturated heterocycles. The molecule has 1 fully saturated rings. The fraction of sp³-hybridized carbons (Fsp3) is 0.250. The van der Waals surface area contributed by atoms with Crippen molar-refractivity contribution in [3.63, 3.8) is 0 Å². The molecule has 6 rings (SSSR count). The Labute approximate surface area is 97.2 Å². The minimum Gasteiger partial charge on any atom is -0.449 e. The van der Waals surface area contributed by atoms with Gasteiger partial charge in [0.25, 0.3) is 0 Å². The Balaban J connectivity index is 1.65. The fourth-order valence-electron chi connectivity index (χ4n) is 2.63. The Bertz CT molecular complexity index is 749. The molecule has 2 bridgehead atoms. The van der Waals surface area contributed by atoms with Gasteiger partial charge in [-0.15, -0.1) is 0 Å². The fourth-order valence-corrected chi connectivity index (χ4v) is 5.12. The van der Waals surface area contributed by atoms with E-state index < -0.39 is 7.14 Å². The summed E-state index contributed by atoms with van der Waals surface area (Å²) in [4.78, 5) is 4.39. The summed E-state index contributed by atoms with van der Waals surface area (Å²) in [7, 11) is -2.14. The maximum Gasteiger partial charge on any atom is 0.214 e. The van der Waals surface area contributed by atoms with E-state index in [0.717, 1.165) is 21.9 Å². The molecule has 1 saturated carbocycles. The second-order valence-corrected chi connectivity index (χ2v) is 7.51. The number of hydrogen-bond donors (Lipinski definition) is 1. The van der Waals surface area contributed by atoms with Gasteiger partial charge in [-0.3, -0.25) is 0 Å². The zero-order valence-electron chi connectivity index (χ0n) is 8.93. The number of anilines is 1. The van der Waals surface area contributed by atoms with E-state index in [1.165, 1.54) is 12.8 Å². The van der Waals surface area contributed by atoms with E-state index in [1.807, 2.05) is 12.1 Å². The van der Waals surface area contributed by atoms with Gasteiger partial charge in [0.2, 0.25) is 7.14 Å². The van der Waals surface area contributed by atoms with Crippen LogP contribution in [0.1, 0.15) is 24.3 Å². The number of aromatic nitrogens is 1. The summed E-state index contributed by atoms with van der Waals surface area (Å²) in [6.07, 6.45) is 2.42. The van der Waals surface area contributed by atoms with Crippen LogP contribution in [0.4, 0.5) is 5.82 Å². The molecule has 4 nitrogen and oxygen atoms in total. The lowest BCUT2D eigenvalue weighted by atomic mass is 10.1. The first-order valence-electron chi connectivity index (χ1n) is 5.76. The second-order valence-electron chi connectivity index (χ2n) is 4.99. The molecule has 0 amide bonds. The van der Waals surface area contributed by atoms with Gasteiger partial charge in [0.1, 0.15) is 11.5 Å². The molecule has 3 aliphatic heterocycles. The number of pyridine rings is 1. The van der Waals surface area contributed by atoms with Crippen molar-refractivity contribution < 1.29 is 8.98 Å². The minimum absolute atomic E-state index is 0.592. The number of furan rings is 1. The SMILES string of the molecule is Nc1nc(-c2oc3c4c2P34=O)ccc1C1CC1. The summed E-state index contributed by atoms with van der Waals surface area (Å²) in [6.45, 7) is 0. The highest BCUT2D eigenvalue weighted by molar-refractivity contribution is 8.06. The molecule has 17 heavy (non-hydrogen) atoms. The van der Waals surface area contributed by atoms with Gasteiger partial charge in [-0.2, -0.15) is 0 Å². The molecule has 0 radical (unpaired) electrons. The van der Waals surface area contributed by atoms with Crippen LogP contribution in [0.15, 0.2) is 16.5 Å². The van der Waals surface area contributed by atoms with E-state index in [0.29, 0.717) is 23.0 Å². The molecule has 1 unspecified atom stereocenters. The predicted octanol–water partition coefficient (Wildman–Crippen LogP) is 1.07. The summed E-state index contributed by atoms with van der Waals surface area (Å²) in [5, 5.41) is 1.89. The van der Waals surface area contributed by atoms with E-state index in [4.69, 9.17) is 10.2 Å². The van der Waals surface area contributed by atoms with Gasteiger partial charge in [0.05, 0.1) is 10.6 Å². The van der Waals surface area contributed by atoms with E-state index in [-0.39, 0.29) is 0 Å². The van der Waals surface area contributed by atoms with E-state index in [2.05, 4.69) is 4.98 Å². The molecule has 5 heteroatoms. The maximum absolute atomic E-state index is 11.9. The molecule has 84 valence electrons. The Morgan fingerprint density at radius 2 is 2.12 bits per heavy atom. The van der Waals surface area contributed by atoms with Crippen molar-refractivity contribution in [2.24, 2.45) is 0 Å². The summed E-state index contributed by atoms with van der Waals surface area (Å²) in [5.41, 5.74) is 8.54. The predicted molar refractivity (Wildman–Crippen MR) is 64.8 cm³/mol. The van der Waals surface area contributed by atoms with Crippen LogP contribution in [0.5, 0.6) is 0 Å². The summed E-state index contributed by atoms with van der Waals surface area (Å²) in [5.74, 6) is 1.88. The number of nitrogen functional groups attached to an aromatic ring is 1. The van der Waals surface area contributed by atoms with Crippen LogP contribution in [-0.2, 0) is 4.57 Å². The Kier molecular flexibility index (Phi) is 1.11. The third-order valence-electron chi connectivity index (χ3n) is 3.86. The first-order chi connectivity index (χ1) is 8.21. The quantitative estimate of drug-likeness (QED) is 0.535. The lowest BCUT2D eigenvalue weighted by Crippen LogP contribution is -2.00. The molecular formula is C12H9N2O2P. The van der Waals surface area contributed by atoms with Crippen LogP contribution in [0.2, 0.25) is 0 Å². The van der Waals surface area contributed by atoms with Gasteiger partial charge in [0, 0.05) is 0 Å². The standard InChI is InChI=1S/C12H9N2O2P/c13-11-6(5-1-2-5)3-4-7(14-11)8-9-10-12(16-8)17(9,10)15/h3-5H,1-2H2,(H2,13,14). The van der Waals surface area contributed by atoms with Gasteiger partial charge in [-0.05, 0) is 30.4 Å². The van der Waals surface area contributed by atoms with Gasteiger partial charge in [-0.1, -0.05) is 6.07 Å². The number of hydrogen-bond acceptors (Lipinski definition) is 4. The van der Waals surface area contributed by atoms with E-state index in [9.17, 15) is 4.57 Å². The molecule has 2 aromatic rings. The highest BCUT2D eigenvalue weighted by Gasteiger charge is 2.74. The van der Waals surface area contributed by atoms with Crippen LogP contribution in [0, 0.1) is 0 Å². The molecule has 5 heterocycles. The summed E-state index contributed by atoms with van der Waals surface area (Å²) >= 11 is 0. The summed E-state index contributed by atoms with van der Waals surface area (Å²) < 4.78 is 17.4. The van der Waals surface area contributed by atoms with E-state index in [1.54, 1.807) is 0 Å². The highest BCUT2D eigenvalue weighted by atomic mass is 31.2. The van der Waals surface area contributed by atoms with Crippen molar-refractivity contribution >= 4 is 29.1 Å². The van der Waals surface area contributed by atoms with Crippen LogP contribution < -0.4 is 21.8 Å². The third kappa shape index (κ3) is 0.816. The topological polar surface area (TPSA) is 69.1 Å². The number of fused-ring (bicyclic) bond motifs is 1. The lowest BCUT2D eigenvalue weighted by Gasteiger charge is -2.04. The van der Waals surface area contributed by atoms with Gasteiger partial charge >= 0.3 is 0 Å². The monoisotopic (exact) mass is 244 g/mol. The maximum atomic E-state index is 11.9. The first-order valence-corrected chi connectivity index (χ1v) is 7.47. The smallest absolute Gasteiger partial charge is 0.214 e. The minimum atomic E-state index is -2.14. The van der Waals surface area contributed by atoms with Crippen molar-refractivity contribution in [2.75, 3.05) is 5.73 Å². The Morgan fingerprint density at radius 3 is 2.65 bits per heavy atom. The first kappa shape index (κ1) is 8.54. The lowest BCUT2D eigenvalue weighted by molar-refractivity contribution is 0.590. The molecule has 2 N–H and O–H groups in total. The largest absolute Gasteiger partial charge is 0.449 e. The van der Waals surface area contributed by atoms with Crippen LogP contribution >= 0.6 is 7.14 Å². The number of nitrogens with zero attached hydrogens (tertiary/aromatic N) is 1. The highest BCUT2D eigenvalue weighted by Crippen LogP contribution is 2.70. The molecule has 4 aliphatic rings. The normalized spacial score (nSPS) is 26.8. The molecule has 2 aromatic heterocycles. The zero-order chi connectivity index (χ0) is 11.4. The van der Waals surface area contributed by atoms with Crippen molar-refractivity contribution in [1.29, 1.82) is 0 Å². The molecule has 0 spiro atoms. The van der Waals surface area contributed by atoms with Gasteiger partial charge < -0.3 is 14.7 Å². The van der Waals surface area contributed by atoms with Gasteiger partial charge in [0.15, 0.2) is 11.3 Å². The van der Waals surface area contributed by atoms with Crippen molar-refractivity contribution in [3.05, 3.63) is 17.7 Å². The molecular weight excluding hydrogens is 235 g/mol. The molecule has 1 atom stereocenters. The van der Waals surface area contributed by atoms with E-state index >= 15 is 0 Å². The average Bonchev–Trinajstić information content (AvgIpc) is 3.24. The third-order valence-corrected chi connectivity index (χ3v) is 6.42. The Morgan fingerprint density at radius 1 is 1.35 bits per heavy atom. The molecule has 1 aliphatic carbocycles. The van der Waals surface area contributed by atoms with Crippen LogP contribution in [0.3, 0.4) is 0 Å². The van der Waals surface area contributed by atoms with Crippen LogP contribution in [-0.4, -0.2) is 4.98 Å². The van der Waals surface area contributed by atoms with Crippen molar-refractivity contribution in [2.45, 2.75) is 18.8 Å². The number of nitrogens with two attached hydrogens (primary N) is 1. The van der Waals surface area contributed by atoms with Crippen molar-refractivity contribution in [3.8, 4) is 11.5 Å². The molecule has 0 aromatic carbocycles. The zero-order valence-corrected chi connectivity index (χ0v) is 9.83. The number of rotatable bonds is 2. The van der Waals surface area contributed by atoms with Crippen molar-refractivity contribution in [1.82, 2.24) is 4.98 Å².